The van der Waals surface area contributed by atoms with Crippen molar-refractivity contribution in [2.75, 3.05) is 0 Å². The molecule has 0 saturated heterocycles. The van der Waals surface area contributed by atoms with Crippen LogP contribution in [0.2, 0.25) is 0 Å². The third kappa shape index (κ3) is 2.50. The summed E-state index contributed by atoms with van der Waals surface area (Å²) in [7, 11) is 0. The van der Waals surface area contributed by atoms with Crippen LogP contribution in [0.5, 0.6) is 0 Å². The Labute approximate surface area is 133 Å². The van der Waals surface area contributed by atoms with E-state index in [0.29, 0.717) is 11.5 Å². The molecule has 0 bridgehead atoms. The van der Waals surface area contributed by atoms with E-state index in [0.717, 1.165) is 16.7 Å². The van der Waals surface area contributed by atoms with E-state index in [4.69, 9.17) is 0 Å². The lowest BCUT2D eigenvalue weighted by Gasteiger charge is -2.22. The molecular formula is C17H20BrNO2. The van der Waals surface area contributed by atoms with Gasteiger partial charge in [0, 0.05) is 11.9 Å². The van der Waals surface area contributed by atoms with E-state index >= 15 is 0 Å². The van der Waals surface area contributed by atoms with Crippen molar-refractivity contribution in [2.24, 2.45) is 0 Å². The van der Waals surface area contributed by atoms with Gasteiger partial charge in [0.25, 0.3) is 0 Å². The second-order valence-corrected chi connectivity index (χ2v) is 6.57. The van der Waals surface area contributed by atoms with E-state index in [9.17, 15) is 9.90 Å². The lowest BCUT2D eigenvalue weighted by molar-refractivity contribution is 0.0697. The van der Waals surface area contributed by atoms with Gasteiger partial charge in [0.1, 0.15) is 0 Å². The zero-order valence-corrected chi connectivity index (χ0v) is 13.8. The van der Waals surface area contributed by atoms with Crippen LogP contribution in [-0.4, -0.2) is 15.6 Å². The number of carbonyl (C=O) groups is 1. The molecule has 0 amide bonds. The van der Waals surface area contributed by atoms with Crippen molar-refractivity contribution in [2.45, 2.75) is 51.5 Å². The van der Waals surface area contributed by atoms with Gasteiger partial charge >= 0.3 is 5.97 Å². The molecule has 0 radical (unpaired) electrons. The number of aryl methyl sites for hydroxylation is 1. The molecule has 4 heteroatoms. The number of benzene rings is 1. The molecule has 1 aliphatic rings. The number of nitrogens with zero attached hydrogens (tertiary/aromatic N) is 1. The molecule has 1 aromatic carbocycles. The topological polar surface area (TPSA) is 42.2 Å². The number of hydrogen-bond donors (Lipinski definition) is 1. The zero-order valence-electron chi connectivity index (χ0n) is 12.2. The highest BCUT2D eigenvalue weighted by Crippen LogP contribution is 2.42. The quantitative estimate of drug-likeness (QED) is 0.830. The van der Waals surface area contributed by atoms with Crippen molar-refractivity contribution in [3.05, 3.63) is 33.9 Å². The second-order valence-electron chi connectivity index (χ2n) is 5.82. The Hall–Kier alpha value is -1.29. The van der Waals surface area contributed by atoms with E-state index < -0.39 is 5.97 Å². The molecule has 112 valence electrons. The van der Waals surface area contributed by atoms with E-state index in [1.165, 1.54) is 43.1 Å². The Balaban J connectivity index is 2.19. The molecule has 21 heavy (non-hydrogen) atoms. The summed E-state index contributed by atoms with van der Waals surface area (Å²) in [6.07, 6.45) is 6.40. The number of aromatic carboxylic acids is 1. The Morgan fingerprint density at radius 2 is 2.05 bits per heavy atom. The number of halogens is 1. The predicted octanol–water partition coefficient (Wildman–Crippen LogP) is 5.17. The molecule has 0 aliphatic heterocycles. The van der Waals surface area contributed by atoms with Crippen molar-refractivity contribution < 1.29 is 9.90 Å². The highest BCUT2D eigenvalue weighted by atomic mass is 79.9. The molecule has 1 aromatic heterocycles. The molecule has 1 aliphatic carbocycles. The molecule has 3 rings (SSSR count). The number of aromatic nitrogens is 1. The van der Waals surface area contributed by atoms with Gasteiger partial charge in [-0.05, 0) is 59.3 Å². The smallest absolute Gasteiger partial charge is 0.335 e. The van der Waals surface area contributed by atoms with Gasteiger partial charge in [-0.2, -0.15) is 0 Å². The van der Waals surface area contributed by atoms with Crippen molar-refractivity contribution in [1.29, 1.82) is 0 Å². The van der Waals surface area contributed by atoms with Gasteiger partial charge in [-0.15, -0.1) is 0 Å². The van der Waals surface area contributed by atoms with E-state index in [1.54, 1.807) is 12.1 Å². The summed E-state index contributed by atoms with van der Waals surface area (Å²) in [4.78, 5) is 11.2. The molecule has 3 nitrogen and oxygen atoms in total. The Bertz CT molecular complexity index is 684. The lowest BCUT2D eigenvalue weighted by atomic mass is 9.84. The highest BCUT2D eigenvalue weighted by Gasteiger charge is 2.24. The number of carboxylic acid groups (broad SMARTS) is 1. The van der Waals surface area contributed by atoms with E-state index in [-0.39, 0.29) is 0 Å². The Morgan fingerprint density at radius 1 is 1.33 bits per heavy atom. The maximum Gasteiger partial charge on any atom is 0.335 e. The van der Waals surface area contributed by atoms with Gasteiger partial charge in [0.2, 0.25) is 0 Å². The molecule has 2 aromatic rings. The van der Waals surface area contributed by atoms with Crippen LogP contribution in [-0.2, 0) is 6.54 Å². The second kappa shape index (κ2) is 5.84. The molecule has 0 spiro atoms. The third-order valence-electron chi connectivity index (χ3n) is 4.61. The maximum atomic E-state index is 11.2. The van der Waals surface area contributed by atoms with Gasteiger partial charge in [-0.25, -0.2) is 4.79 Å². The van der Waals surface area contributed by atoms with Crippen LogP contribution < -0.4 is 0 Å². The summed E-state index contributed by atoms with van der Waals surface area (Å²) in [6.45, 7) is 2.94. The largest absolute Gasteiger partial charge is 0.478 e. The maximum absolute atomic E-state index is 11.2. The van der Waals surface area contributed by atoms with Crippen LogP contribution in [0.1, 0.15) is 60.9 Å². The van der Waals surface area contributed by atoms with Gasteiger partial charge in [-0.1, -0.05) is 25.3 Å². The standard InChI is InChI=1S/C17H20BrNO2/c1-2-19-14-10-12(17(20)21)8-9-13(14)15(16(19)18)11-6-4-3-5-7-11/h8-11H,2-7H2,1H3,(H,20,21). The summed E-state index contributed by atoms with van der Waals surface area (Å²) < 4.78 is 3.32. The van der Waals surface area contributed by atoms with Gasteiger partial charge < -0.3 is 9.67 Å². The first kappa shape index (κ1) is 14.6. The third-order valence-corrected chi connectivity index (χ3v) is 5.47. The van der Waals surface area contributed by atoms with Crippen molar-refractivity contribution in [1.82, 2.24) is 4.57 Å². The summed E-state index contributed by atoms with van der Waals surface area (Å²) in [6, 6.07) is 5.52. The van der Waals surface area contributed by atoms with Gasteiger partial charge in [0.15, 0.2) is 0 Å². The first-order valence-corrected chi connectivity index (χ1v) is 8.47. The number of carboxylic acids is 1. The minimum atomic E-state index is -0.865. The number of rotatable bonds is 3. The van der Waals surface area contributed by atoms with Crippen LogP contribution >= 0.6 is 15.9 Å². The summed E-state index contributed by atoms with van der Waals surface area (Å²) in [5.41, 5.74) is 2.77. The van der Waals surface area contributed by atoms with E-state index in [2.05, 4.69) is 27.4 Å². The minimum absolute atomic E-state index is 0.359. The van der Waals surface area contributed by atoms with Gasteiger partial charge in [-0.3, -0.25) is 0 Å². The minimum Gasteiger partial charge on any atom is -0.478 e. The van der Waals surface area contributed by atoms with Crippen molar-refractivity contribution in [3.8, 4) is 0 Å². The van der Waals surface area contributed by atoms with Crippen LogP contribution in [0.4, 0.5) is 0 Å². The average Bonchev–Trinajstić information content (AvgIpc) is 2.78. The fourth-order valence-corrected chi connectivity index (χ4v) is 4.55. The van der Waals surface area contributed by atoms with Crippen LogP contribution in [0.15, 0.2) is 22.8 Å². The van der Waals surface area contributed by atoms with Crippen LogP contribution in [0, 0.1) is 0 Å². The molecule has 0 atom stereocenters. The molecule has 0 unspecified atom stereocenters. The number of hydrogen-bond acceptors (Lipinski definition) is 1. The van der Waals surface area contributed by atoms with Gasteiger partial charge in [0.05, 0.1) is 15.7 Å². The molecule has 1 saturated carbocycles. The monoisotopic (exact) mass is 349 g/mol. The predicted molar refractivity (Wildman–Crippen MR) is 88.1 cm³/mol. The molecular weight excluding hydrogens is 330 g/mol. The van der Waals surface area contributed by atoms with Crippen molar-refractivity contribution >= 4 is 32.8 Å². The Morgan fingerprint density at radius 3 is 2.67 bits per heavy atom. The molecule has 1 N–H and O–H groups in total. The average molecular weight is 350 g/mol. The molecule has 1 heterocycles. The lowest BCUT2D eigenvalue weighted by Crippen LogP contribution is -2.05. The summed E-state index contributed by atoms with van der Waals surface area (Å²) >= 11 is 3.77. The SMILES string of the molecule is CCn1c(Br)c(C2CCCCC2)c2ccc(C(=O)O)cc21. The first-order valence-electron chi connectivity index (χ1n) is 7.68. The zero-order chi connectivity index (χ0) is 15.0. The van der Waals surface area contributed by atoms with E-state index in [1.807, 2.05) is 6.07 Å². The van der Waals surface area contributed by atoms with Crippen molar-refractivity contribution in [3.63, 3.8) is 0 Å². The Kier molecular flexibility index (Phi) is 4.07. The van der Waals surface area contributed by atoms with Crippen LogP contribution in [0.3, 0.4) is 0 Å². The summed E-state index contributed by atoms with van der Waals surface area (Å²) in [5.74, 6) is -0.268. The fourth-order valence-electron chi connectivity index (χ4n) is 3.57. The summed E-state index contributed by atoms with van der Waals surface area (Å²) in [5, 5.41) is 10.4. The normalized spacial score (nSPS) is 16.5. The number of fused-ring (bicyclic) bond motifs is 1. The highest BCUT2D eigenvalue weighted by molar-refractivity contribution is 9.10. The van der Waals surface area contributed by atoms with Crippen LogP contribution in [0.25, 0.3) is 10.9 Å². The molecule has 1 fully saturated rings. The fraction of sp³-hybridized carbons (Fsp3) is 0.471. The first-order chi connectivity index (χ1) is 10.1.